The van der Waals surface area contributed by atoms with Crippen molar-refractivity contribution in [2.75, 3.05) is 38.2 Å². The number of thioether (sulfide) groups is 1. The SMILES string of the molecule is COc1ccc(N2CCN(C(=O)c3csc(CSc4nnc(-c5ccco5)n4-c4ccc(Cl)cc4)n3)CC2)cc1. The first-order valence-corrected chi connectivity index (χ1v) is 14.8. The molecule has 1 amide bonds. The Morgan fingerprint density at radius 1 is 1.02 bits per heavy atom. The van der Waals surface area contributed by atoms with E-state index in [1.165, 1.54) is 23.1 Å². The molecule has 0 aliphatic carbocycles. The van der Waals surface area contributed by atoms with Gasteiger partial charge in [-0.15, -0.1) is 21.5 Å². The van der Waals surface area contributed by atoms with Gasteiger partial charge in [0.15, 0.2) is 10.9 Å². The highest BCUT2D eigenvalue weighted by atomic mass is 35.5. The number of thiazole rings is 1. The molecule has 0 radical (unpaired) electrons. The summed E-state index contributed by atoms with van der Waals surface area (Å²) in [6.07, 6.45) is 1.61. The number of methoxy groups -OCH3 is 1. The maximum atomic E-state index is 13.2. The van der Waals surface area contributed by atoms with Gasteiger partial charge in [-0.25, -0.2) is 4.98 Å². The second-order valence-corrected chi connectivity index (χ2v) is 11.3. The van der Waals surface area contributed by atoms with Crippen molar-refractivity contribution in [3.05, 3.63) is 88.0 Å². The summed E-state index contributed by atoms with van der Waals surface area (Å²) in [7, 11) is 1.66. The van der Waals surface area contributed by atoms with Gasteiger partial charge in [0.05, 0.1) is 19.1 Å². The van der Waals surface area contributed by atoms with Gasteiger partial charge in [-0.2, -0.15) is 0 Å². The number of rotatable bonds is 8. The molecule has 12 heteroatoms. The zero-order chi connectivity index (χ0) is 27.5. The van der Waals surface area contributed by atoms with Crippen LogP contribution in [0.4, 0.5) is 5.69 Å². The first kappa shape index (κ1) is 26.4. The molecule has 204 valence electrons. The number of ether oxygens (including phenoxy) is 1. The number of halogens is 1. The molecule has 1 fully saturated rings. The second kappa shape index (κ2) is 11.7. The number of carbonyl (C=O) groups excluding carboxylic acids is 1. The van der Waals surface area contributed by atoms with Crippen LogP contribution in [0.2, 0.25) is 5.02 Å². The van der Waals surface area contributed by atoms with E-state index in [0.717, 1.165) is 35.2 Å². The summed E-state index contributed by atoms with van der Waals surface area (Å²) >= 11 is 9.09. The van der Waals surface area contributed by atoms with E-state index < -0.39 is 0 Å². The fourth-order valence-corrected chi connectivity index (χ4v) is 6.34. The first-order chi connectivity index (χ1) is 19.6. The molecule has 0 N–H and O–H groups in total. The van der Waals surface area contributed by atoms with E-state index in [2.05, 4.69) is 20.1 Å². The van der Waals surface area contributed by atoms with Crippen molar-refractivity contribution >= 4 is 46.3 Å². The van der Waals surface area contributed by atoms with E-state index >= 15 is 0 Å². The Morgan fingerprint density at radius 2 is 1.77 bits per heavy atom. The van der Waals surface area contributed by atoms with Gasteiger partial charge in [-0.3, -0.25) is 9.36 Å². The Morgan fingerprint density at radius 3 is 2.48 bits per heavy atom. The van der Waals surface area contributed by atoms with Crippen LogP contribution in [0, 0.1) is 0 Å². The Balaban J connectivity index is 1.11. The fourth-order valence-electron chi connectivity index (χ4n) is 4.48. The van der Waals surface area contributed by atoms with Crippen molar-refractivity contribution in [3.8, 4) is 23.0 Å². The van der Waals surface area contributed by atoms with Gasteiger partial charge >= 0.3 is 0 Å². The maximum Gasteiger partial charge on any atom is 0.273 e. The minimum absolute atomic E-state index is 0.0358. The van der Waals surface area contributed by atoms with Crippen LogP contribution in [0.25, 0.3) is 17.3 Å². The molecule has 5 aromatic rings. The molecule has 3 aromatic heterocycles. The predicted octanol–water partition coefficient (Wildman–Crippen LogP) is 5.90. The van der Waals surface area contributed by atoms with Crippen LogP contribution < -0.4 is 9.64 Å². The monoisotopic (exact) mass is 592 g/mol. The quantitative estimate of drug-likeness (QED) is 0.206. The predicted molar refractivity (Wildman–Crippen MR) is 157 cm³/mol. The van der Waals surface area contributed by atoms with Crippen LogP contribution >= 0.6 is 34.7 Å². The lowest BCUT2D eigenvalue weighted by Crippen LogP contribution is -2.48. The lowest BCUT2D eigenvalue weighted by molar-refractivity contribution is 0.0741. The van der Waals surface area contributed by atoms with Gasteiger partial charge in [0.25, 0.3) is 5.91 Å². The smallest absolute Gasteiger partial charge is 0.273 e. The van der Waals surface area contributed by atoms with Gasteiger partial charge in [-0.05, 0) is 60.7 Å². The topological polar surface area (TPSA) is 89.5 Å². The summed E-state index contributed by atoms with van der Waals surface area (Å²) < 4.78 is 12.8. The summed E-state index contributed by atoms with van der Waals surface area (Å²) in [6.45, 7) is 2.82. The zero-order valence-electron chi connectivity index (χ0n) is 21.6. The molecule has 0 bridgehead atoms. The van der Waals surface area contributed by atoms with E-state index in [1.807, 2.05) is 75.5 Å². The Hall–Kier alpha value is -3.80. The van der Waals surface area contributed by atoms with Crippen molar-refractivity contribution in [3.63, 3.8) is 0 Å². The van der Waals surface area contributed by atoms with Gasteiger partial charge in [-0.1, -0.05) is 23.4 Å². The van der Waals surface area contributed by atoms with Crippen LogP contribution in [0.15, 0.2) is 81.9 Å². The molecule has 0 saturated carbocycles. The molecule has 4 heterocycles. The highest BCUT2D eigenvalue weighted by molar-refractivity contribution is 7.98. The molecule has 9 nitrogen and oxygen atoms in total. The molecule has 1 aliphatic heterocycles. The third-order valence-electron chi connectivity index (χ3n) is 6.56. The Labute approximate surface area is 244 Å². The van der Waals surface area contributed by atoms with Crippen molar-refractivity contribution in [1.29, 1.82) is 0 Å². The lowest BCUT2D eigenvalue weighted by atomic mass is 10.2. The summed E-state index contributed by atoms with van der Waals surface area (Å²) in [6, 6.07) is 19.1. The van der Waals surface area contributed by atoms with E-state index in [-0.39, 0.29) is 5.91 Å². The molecular weight excluding hydrogens is 568 g/mol. The number of piperazine rings is 1. The van der Waals surface area contributed by atoms with Crippen molar-refractivity contribution in [2.45, 2.75) is 10.9 Å². The highest BCUT2D eigenvalue weighted by Gasteiger charge is 2.25. The summed E-state index contributed by atoms with van der Waals surface area (Å²) in [5.74, 6) is 2.55. The van der Waals surface area contributed by atoms with Crippen LogP contribution in [0.1, 0.15) is 15.5 Å². The number of anilines is 1. The number of hydrogen-bond donors (Lipinski definition) is 0. The Kier molecular flexibility index (Phi) is 7.76. The number of hydrogen-bond acceptors (Lipinski definition) is 9. The van der Waals surface area contributed by atoms with E-state index in [4.69, 9.17) is 20.8 Å². The maximum absolute atomic E-state index is 13.2. The molecular formula is C28H25ClN6O3S2. The normalized spacial score (nSPS) is 13.6. The van der Waals surface area contributed by atoms with Crippen molar-refractivity contribution < 1.29 is 13.9 Å². The number of benzene rings is 2. The summed E-state index contributed by atoms with van der Waals surface area (Å²) in [4.78, 5) is 22.0. The molecule has 6 rings (SSSR count). The summed E-state index contributed by atoms with van der Waals surface area (Å²) in [5.41, 5.74) is 2.48. The number of carbonyl (C=O) groups is 1. The minimum Gasteiger partial charge on any atom is -0.497 e. The molecule has 0 unspecified atom stereocenters. The van der Waals surface area contributed by atoms with Crippen LogP contribution in [0.5, 0.6) is 5.75 Å². The van der Waals surface area contributed by atoms with Gasteiger partial charge in [0.2, 0.25) is 5.82 Å². The van der Waals surface area contributed by atoms with Gasteiger partial charge in [0.1, 0.15) is 16.5 Å². The number of amides is 1. The average Bonchev–Trinajstić information content (AvgIpc) is 3.78. The molecule has 0 spiro atoms. The van der Waals surface area contributed by atoms with Gasteiger partial charge in [0, 0.05) is 48.0 Å². The van der Waals surface area contributed by atoms with Crippen LogP contribution in [0.3, 0.4) is 0 Å². The second-order valence-electron chi connectivity index (χ2n) is 8.99. The molecule has 1 saturated heterocycles. The molecule has 40 heavy (non-hydrogen) atoms. The van der Waals surface area contributed by atoms with Crippen molar-refractivity contribution in [2.24, 2.45) is 0 Å². The fraction of sp³-hybridized carbons (Fsp3) is 0.214. The summed E-state index contributed by atoms with van der Waals surface area (Å²) in [5, 5.41) is 12.8. The number of furan rings is 1. The van der Waals surface area contributed by atoms with Crippen molar-refractivity contribution in [1.82, 2.24) is 24.6 Å². The average molecular weight is 593 g/mol. The van der Waals surface area contributed by atoms with Crippen LogP contribution in [-0.4, -0.2) is 63.8 Å². The molecule has 2 aromatic carbocycles. The zero-order valence-corrected chi connectivity index (χ0v) is 24.0. The number of aromatic nitrogens is 4. The third-order valence-corrected chi connectivity index (χ3v) is 8.78. The third kappa shape index (κ3) is 5.58. The van der Waals surface area contributed by atoms with Crippen LogP contribution in [-0.2, 0) is 5.75 Å². The van der Waals surface area contributed by atoms with E-state index in [9.17, 15) is 4.79 Å². The largest absolute Gasteiger partial charge is 0.497 e. The number of nitrogens with zero attached hydrogens (tertiary/aromatic N) is 6. The standard InChI is InChI=1S/C28H25ClN6O3S2/c1-37-22-10-8-20(9-11-22)33-12-14-34(15-13-33)27(36)23-17-39-25(30-23)18-40-28-32-31-26(24-3-2-16-38-24)35(28)21-6-4-19(29)5-7-21/h2-11,16-17H,12-15,18H2,1H3. The van der Waals surface area contributed by atoms with E-state index in [0.29, 0.717) is 46.3 Å². The highest BCUT2D eigenvalue weighted by Crippen LogP contribution is 2.31. The molecule has 0 atom stereocenters. The molecule has 1 aliphatic rings. The van der Waals surface area contributed by atoms with E-state index in [1.54, 1.807) is 13.4 Å². The minimum atomic E-state index is -0.0358. The Bertz CT molecular complexity index is 1580. The van der Waals surface area contributed by atoms with Gasteiger partial charge < -0.3 is 19.0 Å². The first-order valence-electron chi connectivity index (χ1n) is 12.6. The lowest BCUT2D eigenvalue weighted by Gasteiger charge is -2.35.